The van der Waals surface area contributed by atoms with Gasteiger partial charge >= 0.3 is 0 Å². The Morgan fingerprint density at radius 1 is 1.03 bits per heavy atom. The van der Waals surface area contributed by atoms with Gasteiger partial charge in [0.2, 0.25) is 0 Å². The number of aromatic nitrogens is 3. The summed E-state index contributed by atoms with van der Waals surface area (Å²) in [7, 11) is 3.44. The SMILES string of the molecule is COc1ccc(C(=O)N[C@H](Cc2ccccc2)c2nnc(SCc3ccccc3F)n2C)cc1. The lowest BCUT2D eigenvalue weighted by molar-refractivity contribution is 0.0934. The highest BCUT2D eigenvalue weighted by Gasteiger charge is 2.23. The average molecular weight is 477 g/mol. The second kappa shape index (κ2) is 11.0. The minimum Gasteiger partial charge on any atom is -0.497 e. The van der Waals surface area contributed by atoms with Gasteiger partial charge in [0, 0.05) is 18.4 Å². The van der Waals surface area contributed by atoms with Gasteiger partial charge in [0.25, 0.3) is 5.91 Å². The lowest BCUT2D eigenvalue weighted by atomic mass is 10.0. The van der Waals surface area contributed by atoms with Crippen LogP contribution in [0.2, 0.25) is 0 Å². The van der Waals surface area contributed by atoms with Crippen LogP contribution in [0.25, 0.3) is 0 Å². The summed E-state index contributed by atoms with van der Waals surface area (Å²) in [6, 6.07) is 23.1. The van der Waals surface area contributed by atoms with Crippen molar-refractivity contribution in [3.8, 4) is 5.75 Å². The highest BCUT2D eigenvalue weighted by atomic mass is 32.2. The fraction of sp³-hybridized carbons (Fsp3) is 0.192. The van der Waals surface area contributed by atoms with Gasteiger partial charge in [0.05, 0.1) is 13.2 Å². The molecule has 0 saturated heterocycles. The highest BCUT2D eigenvalue weighted by Crippen LogP contribution is 2.26. The largest absolute Gasteiger partial charge is 0.497 e. The standard InChI is InChI=1S/C26H25FN4O2S/c1-31-24(29-30-26(31)34-17-20-10-6-7-11-22(20)27)23(16-18-8-4-3-5-9-18)28-25(32)19-12-14-21(33-2)15-13-19/h3-15,23H,16-17H2,1-2H3,(H,28,32)/t23-/m1/s1. The summed E-state index contributed by atoms with van der Waals surface area (Å²) in [4.78, 5) is 13.0. The molecule has 0 aliphatic rings. The molecule has 0 aliphatic carbocycles. The number of carbonyl (C=O) groups excluding carboxylic acids is 1. The Labute approximate surface area is 202 Å². The van der Waals surface area contributed by atoms with Crippen molar-refractivity contribution in [1.82, 2.24) is 20.1 Å². The maximum absolute atomic E-state index is 14.0. The summed E-state index contributed by atoms with van der Waals surface area (Å²) in [5, 5.41) is 12.4. The Kier molecular flexibility index (Phi) is 7.59. The van der Waals surface area contributed by atoms with E-state index in [0.29, 0.717) is 40.0 Å². The number of methoxy groups -OCH3 is 1. The normalized spacial score (nSPS) is 11.7. The summed E-state index contributed by atoms with van der Waals surface area (Å²) < 4.78 is 21.0. The molecule has 0 radical (unpaired) electrons. The molecule has 1 amide bonds. The summed E-state index contributed by atoms with van der Waals surface area (Å²) in [5.41, 5.74) is 2.19. The van der Waals surface area contributed by atoms with Crippen molar-refractivity contribution in [2.75, 3.05) is 7.11 Å². The van der Waals surface area contributed by atoms with Crippen LogP contribution in [-0.2, 0) is 19.2 Å². The van der Waals surface area contributed by atoms with Gasteiger partial charge < -0.3 is 14.6 Å². The molecule has 1 aromatic heterocycles. The fourth-order valence-corrected chi connectivity index (χ4v) is 4.46. The van der Waals surface area contributed by atoms with Crippen molar-refractivity contribution in [2.45, 2.75) is 23.4 Å². The summed E-state index contributed by atoms with van der Waals surface area (Å²) in [6.07, 6.45) is 0.548. The van der Waals surface area contributed by atoms with Crippen molar-refractivity contribution in [3.63, 3.8) is 0 Å². The van der Waals surface area contributed by atoms with E-state index in [0.717, 1.165) is 5.56 Å². The van der Waals surface area contributed by atoms with Crippen LogP contribution in [-0.4, -0.2) is 27.8 Å². The first-order valence-corrected chi connectivity index (χ1v) is 11.8. The van der Waals surface area contributed by atoms with E-state index in [1.807, 2.05) is 48.0 Å². The highest BCUT2D eigenvalue weighted by molar-refractivity contribution is 7.98. The van der Waals surface area contributed by atoms with Crippen molar-refractivity contribution in [3.05, 3.63) is 107 Å². The van der Waals surface area contributed by atoms with Crippen molar-refractivity contribution in [2.24, 2.45) is 7.05 Å². The van der Waals surface area contributed by atoms with Crippen LogP contribution in [0, 0.1) is 5.82 Å². The third-order valence-electron chi connectivity index (χ3n) is 5.44. The smallest absolute Gasteiger partial charge is 0.251 e. The topological polar surface area (TPSA) is 69.0 Å². The number of halogens is 1. The number of rotatable bonds is 9. The number of carbonyl (C=O) groups is 1. The van der Waals surface area contributed by atoms with E-state index in [1.54, 1.807) is 43.5 Å². The van der Waals surface area contributed by atoms with Crippen LogP contribution in [0.4, 0.5) is 4.39 Å². The molecule has 0 bridgehead atoms. The number of hydrogen-bond acceptors (Lipinski definition) is 5. The quantitative estimate of drug-likeness (QED) is 0.346. The molecule has 0 aliphatic heterocycles. The average Bonchev–Trinajstić information content (AvgIpc) is 3.24. The zero-order valence-electron chi connectivity index (χ0n) is 18.9. The lowest BCUT2D eigenvalue weighted by Crippen LogP contribution is -2.31. The van der Waals surface area contributed by atoms with E-state index in [9.17, 15) is 9.18 Å². The van der Waals surface area contributed by atoms with Gasteiger partial charge in [0.15, 0.2) is 11.0 Å². The minimum atomic E-state index is -0.405. The van der Waals surface area contributed by atoms with Crippen LogP contribution in [0.15, 0.2) is 84.0 Å². The first kappa shape index (κ1) is 23.5. The lowest BCUT2D eigenvalue weighted by Gasteiger charge is -2.19. The second-order valence-corrected chi connectivity index (χ2v) is 8.67. The van der Waals surface area contributed by atoms with Crippen LogP contribution >= 0.6 is 11.8 Å². The molecule has 0 spiro atoms. The summed E-state index contributed by atoms with van der Waals surface area (Å²) in [6.45, 7) is 0. The Bertz CT molecular complexity index is 1250. The van der Waals surface area contributed by atoms with Gasteiger partial charge in [-0.15, -0.1) is 10.2 Å². The van der Waals surface area contributed by atoms with E-state index in [4.69, 9.17) is 4.74 Å². The van der Waals surface area contributed by atoms with Gasteiger partial charge in [-0.3, -0.25) is 4.79 Å². The van der Waals surface area contributed by atoms with Gasteiger partial charge in [-0.1, -0.05) is 60.3 Å². The zero-order chi connectivity index (χ0) is 23.9. The van der Waals surface area contributed by atoms with Gasteiger partial charge in [-0.05, 0) is 47.9 Å². The third-order valence-corrected chi connectivity index (χ3v) is 6.50. The molecule has 0 saturated carbocycles. The predicted molar refractivity (Wildman–Crippen MR) is 130 cm³/mol. The van der Waals surface area contributed by atoms with Crippen molar-refractivity contribution < 1.29 is 13.9 Å². The Balaban J connectivity index is 1.56. The first-order chi connectivity index (χ1) is 16.5. The van der Waals surface area contributed by atoms with Gasteiger partial charge in [0.1, 0.15) is 11.6 Å². The van der Waals surface area contributed by atoms with Crippen molar-refractivity contribution >= 4 is 17.7 Å². The summed E-state index contributed by atoms with van der Waals surface area (Å²) >= 11 is 1.40. The number of ether oxygens (including phenoxy) is 1. The minimum absolute atomic E-state index is 0.216. The molecule has 174 valence electrons. The van der Waals surface area contributed by atoms with Crippen LogP contribution < -0.4 is 10.1 Å². The number of hydrogen-bond donors (Lipinski definition) is 1. The zero-order valence-corrected chi connectivity index (χ0v) is 19.8. The van der Waals surface area contributed by atoms with Crippen LogP contribution in [0.3, 0.4) is 0 Å². The van der Waals surface area contributed by atoms with Crippen LogP contribution in [0.5, 0.6) is 5.75 Å². The van der Waals surface area contributed by atoms with Gasteiger partial charge in [-0.25, -0.2) is 4.39 Å². The molecule has 1 heterocycles. The monoisotopic (exact) mass is 476 g/mol. The molecule has 34 heavy (non-hydrogen) atoms. The number of nitrogens with zero attached hydrogens (tertiary/aromatic N) is 3. The van der Waals surface area contributed by atoms with E-state index < -0.39 is 6.04 Å². The number of nitrogens with one attached hydrogen (secondary N) is 1. The maximum Gasteiger partial charge on any atom is 0.251 e. The maximum atomic E-state index is 14.0. The molecular formula is C26H25FN4O2S. The molecule has 0 fully saturated rings. The Morgan fingerprint density at radius 3 is 2.44 bits per heavy atom. The number of thioether (sulfide) groups is 1. The second-order valence-electron chi connectivity index (χ2n) is 7.72. The Morgan fingerprint density at radius 2 is 1.74 bits per heavy atom. The molecule has 3 aromatic carbocycles. The predicted octanol–water partition coefficient (Wildman–Crippen LogP) is 4.97. The molecule has 4 aromatic rings. The number of benzene rings is 3. The van der Waals surface area contributed by atoms with Crippen molar-refractivity contribution in [1.29, 1.82) is 0 Å². The first-order valence-electron chi connectivity index (χ1n) is 10.8. The van der Waals surface area contributed by atoms with Gasteiger partial charge in [-0.2, -0.15) is 0 Å². The molecule has 8 heteroatoms. The summed E-state index contributed by atoms with van der Waals surface area (Å²) in [5.74, 6) is 1.28. The van der Waals surface area contributed by atoms with E-state index in [1.165, 1.54) is 17.8 Å². The molecule has 6 nitrogen and oxygen atoms in total. The molecule has 1 N–H and O–H groups in total. The Hall–Kier alpha value is -3.65. The molecule has 0 unspecified atom stereocenters. The van der Waals surface area contributed by atoms with E-state index in [2.05, 4.69) is 15.5 Å². The molecular weight excluding hydrogens is 451 g/mol. The number of amides is 1. The van der Waals surface area contributed by atoms with E-state index in [-0.39, 0.29) is 11.7 Å². The molecule has 4 rings (SSSR count). The van der Waals surface area contributed by atoms with E-state index >= 15 is 0 Å². The van der Waals surface area contributed by atoms with Crippen LogP contribution in [0.1, 0.15) is 33.4 Å². The fourth-order valence-electron chi connectivity index (χ4n) is 3.55. The third kappa shape index (κ3) is 5.63. The molecule has 1 atom stereocenters.